The van der Waals surface area contributed by atoms with Gasteiger partial charge in [0.1, 0.15) is 12.4 Å². The minimum atomic E-state index is -4.54. The van der Waals surface area contributed by atoms with Crippen molar-refractivity contribution in [3.63, 3.8) is 0 Å². The third-order valence-corrected chi connectivity index (χ3v) is 2.59. The molecule has 0 bridgehead atoms. The van der Waals surface area contributed by atoms with Gasteiger partial charge in [-0.2, -0.15) is 13.2 Å². The van der Waals surface area contributed by atoms with E-state index < -0.39 is 29.7 Å². The van der Waals surface area contributed by atoms with Gasteiger partial charge in [0.2, 0.25) is 0 Å². The fourth-order valence-corrected chi connectivity index (χ4v) is 1.43. The van der Waals surface area contributed by atoms with Gasteiger partial charge >= 0.3 is 12.1 Å². The topological polar surface area (TPSA) is 52.6 Å². The average Bonchev–Trinajstić information content (AvgIpc) is 2.40. The SMILES string of the molecule is CC(C)(C)C(=O)OCc1cc(C(F)(F)F)ccc1OC=C=O. The summed E-state index contributed by atoms with van der Waals surface area (Å²) in [5.41, 5.74) is -1.69. The molecular weight excluding hydrogens is 301 g/mol. The second-order valence-electron chi connectivity index (χ2n) is 5.50. The zero-order valence-electron chi connectivity index (χ0n) is 12.3. The Morgan fingerprint density at radius 3 is 2.41 bits per heavy atom. The first-order valence-electron chi connectivity index (χ1n) is 6.29. The molecule has 0 saturated heterocycles. The van der Waals surface area contributed by atoms with Crippen molar-refractivity contribution in [3.8, 4) is 5.75 Å². The van der Waals surface area contributed by atoms with Crippen LogP contribution >= 0.6 is 0 Å². The average molecular weight is 316 g/mol. The third-order valence-electron chi connectivity index (χ3n) is 2.59. The van der Waals surface area contributed by atoms with E-state index in [9.17, 15) is 22.8 Å². The number of hydrogen-bond acceptors (Lipinski definition) is 4. The molecule has 0 saturated carbocycles. The lowest BCUT2D eigenvalue weighted by atomic mass is 9.97. The van der Waals surface area contributed by atoms with Crippen molar-refractivity contribution in [2.45, 2.75) is 33.6 Å². The lowest BCUT2D eigenvalue weighted by Crippen LogP contribution is -2.22. The van der Waals surface area contributed by atoms with Crippen LogP contribution in [-0.4, -0.2) is 11.9 Å². The standard InChI is InChI=1S/C15H15F3O4/c1-14(2,3)13(20)22-9-10-8-11(15(16,17)18)4-5-12(10)21-7-6-19/h4-5,7-8H,9H2,1-3H3. The Balaban J connectivity index is 3.06. The molecule has 0 amide bonds. The molecule has 0 aliphatic heterocycles. The van der Waals surface area contributed by atoms with E-state index in [1.807, 2.05) is 0 Å². The Labute approximate surface area is 125 Å². The molecule has 7 heteroatoms. The summed E-state index contributed by atoms with van der Waals surface area (Å²) in [6.07, 6.45) is -3.88. The number of carbonyl (C=O) groups excluding carboxylic acids is 2. The van der Waals surface area contributed by atoms with E-state index in [1.165, 1.54) is 5.94 Å². The van der Waals surface area contributed by atoms with Gasteiger partial charge in [0.15, 0.2) is 12.2 Å². The van der Waals surface area contributed by atoms with Gasteiger partial charge in [-0.15, -0.1) is 0 Å². The van der Waals surface area contributed by atoms with Crippen molar-refractivity contribution in [2.24, 2.45) is 5.41 Å². The first-order chi connectivity index (χ1) is 10.1. The van der Waals surface area contributed by atoms with Gasteiger partial charge in [0, 0.05) is 5.56 Å². The number of carbonyl (C=O) groups is 1. The van der Waals surface area contributed by atoms with Crippen LogP contribution < -0.4 is 4.74 Å². The molecule has 0 fully saturated rings. The van der Waals surface area contributed by atoms with E-state index in [-0.39, 0.29) is 11.3 Å². The number of alkyl halides is 3. The highest BCUT2D eigenvalue weighted by Crippen LogP contribution is 2.33. The summed E-state index contributed by atoms with van der Waals surface area (Å²) in [5, 5.41) is 0. The Morgan fingerprint density at radius 2 is 1.91 bits per heavy atom. The quantitative estimate of drug-likeness (QED) is 0.484. The van der Waals surface area contributed by atoms with E-state index in [4.69, 9.17) is 9.47 Å². The number of halogens is 3. The molecule has 0 heterocycles. The number of rotatable bonds is 4. The summed E-state index contributed by atoms with van der Waals surface area (Å²) >= 11 is 0. The van der Waals surface area contributed by atoms with Gasteiger partial charge in [-0.3, -0.25) is 4.79 Å². The molecule has 0 unspecified atom stereocenters. The van der Waals surface area contributed by atoms with Crippen LogP contribution in [0.5, 0.6) is 5.75 Å². The second-order valence-corrected chi connectivity index (χ2v) is 5.50. The van der Waals surface area contributed by atoms with E-state index in [1.54, 1.807) is 20.8 Å². The van der Waals surface area contributed by atoms with Crippen LogP contribution in [0.4, 0.5) is 13.2 Å². The maximum absolute atomic E-state index is 12.7. The smallest absolute Gasteiger partial charge is 0.416 e. The molecule has 0 radical (unpaired) electrons. The van der Waals surface area contributed by atoms with Crippen molar-refractivity contribution < 1.29 is 32.2 Å². The molecule has 22 heavy (non-hydrogen) atoms. The molecule has 1 aromatic carbocycles. The van der Waals surface area contributed by atoms with Crippen molar-refractivity contribution in [3.05, 3.63) is 35.6 Å². The van der Waals surface area contributed by atoms with Gasteiger partial charge < -0.3 is 9.47 Å². The highest BCUT2D eigenvalue weighted by molar-refractivity contribution is 5.75. The molecule has 0 N–H and O–H groups in total. The number of benzene rings is 1. The van der Waals surface area contributed by atoms with Crippen molar-refractivity contribution in [1.29, 1.82) is 0 Å². The minimum absolute atomic E-state index is 0.000995. The van der Waals surface area contributed by atoms with Crippen LogP contribution in [0, 0.1) is 5.41 Å². The summed E-state index contributed by atoms with van der Waals surface area (Å²) in [6.45, 7) is 4.46. The van der Waals surface area contributed by atoms with Gasteiger partial charge in [0.05, 0.1) is 11.0 Å². The summed E-state index contributed by atoms with van der Waals surface area (Å²) in [5.74, 6) is 0.767. The molecule has 0 aliphatic rings. The maximum Gasteiger partial charge on any atom is 0.416 e. The molecule has 1 aromatic rings. The van der Waals surface area contributed by atoms with Crippen LogP contribution in [0.2, 0.25) is 0 Å². The van der Waals surface area contributed by atoms with Crippen LogP contribution in [0.25, 0.3) is 0 Å². The zero-order chi connectivity index (χ0) is 17.0. The van der Waals surface area contributed by atoms with Crippen molar-refractivity contribution in [1.82, 2.24) is 0 Å². The number of esters is 1. The first kappa shape index (κ1) is 17.8. The predicted octanol–water partition coefficient (Wildman–Crippen LogP) is 3.52. The molecule has 120 valence electrons. The third kappa shape index (κ3) is 4.93. The van der Waals surface area contributed by atoms with Crippen LogP contribution in [0.3, 0.4) is 0 Å². The van der Waals surface area contributed by atoms with E-state index in [0.717, 1.165) is 18.2 Å². The lowest BCUT2D eigenvalue weighted by Gasteiger charge is -2.18. The fraction of sp³-hybridized carbons (Fsp3) is 0.400. The van der Waals surface area contributed by atoms with Gasteiger partial charge in [-0.25, -0.2) is 4.79 Å². The molecule has 0 spiro atoms. The second kappa shape index (κ2) is 6.66. The number of ether oxygens (including phenoxy) is 2. The van der Waals surface area contributed by atoms with E-state index >= 15 is 0 Å². The van der Waals surface area contributed by atoms with Gasteiger partial charge in [0.25, 0.3) is 0 Å². The summed E-state index contributed by atoms with van der Waals surface area (Å²) in [6, 6.07) is 2.67. The predicted molar refractivity (Wildman–Crippen MR) is 71.6 cm³/mol. The highest BCUT2D eigenvalue weighted by Gasteiger charge is 2.31. The lowest BCUT2D eigenvalue weighted by molar-refractivity contribution is -0.154. The Bertz CT molecular complexity index is 594. The summed E-state index contributed by atoms with van der Waals surface area (Å²) < 4.78 is 48.0. The fourth-order valence-electron chi connectivity index (χ4n) is 1.43. The summed E-state index contributed by atoms with van der Waals surface area (Å²) in [4.78, 5) is 21.8. The van der Waals surface area contributed by atoms with E-state index in [2.05, 4.69) is 0 Å². The Hall–Kier alpha value is -2.27. The maximum atomic E-state index is 12.7. The normalized spacial score (nSPS) is 11.5. The van der Waals surface area contributed by atoms with Crippen LogP contribution in [-0.2, 0) is 27.1 Å². The summed E-state index contributed by atoms with van der Waals surface area (Å²) in [7, 11) is 0. The van der Waals surface area contributed by atoms with Crippen LogP contribution in [0.15, 0.2) is 24.5 Å². The van der Waals surface area contributed by atoms with Crippen LogP contribution in [0.1, 0.15) is 31.9 Å². The monoisotopic (exact) mass is 316 g/mol. The van der Waals surface area contributed by atoms with Crippen molar-refractivity contribution in [2.75, 3.05) is 0 Å². The Morgan fingerprint density at radius 1 is 1.27 bits per heavy atom. The molecule has 0 aromatic heterocycles. The minimum Gasteiger partial charge on any atom is -0.460 e. The van der Waals surface area contributed by atoms with Gasteiger partial charge in [-0.1, -0.05) is 0 Å². The molecule has 1 rings (SSSR count). The largest absolute Gasteiger partial charge is 0.460 e. The Kier molecular flexibility index (Phi) is 5.38. The number of hydrogen-bond donors (Lipinski definition) is 0. The molecule has 0 atom stereocenters. The highest BCUT2D eigenvalue weighted by atomic mass is 19.4. The molecule has 4 nitrogen and oxygen atoms in total. The van der Waals surface area contributed by atoms with Gasteiger partial charge in [-0.05, 0) is 39.0 Å². The molecule has 0 aliphatic carbocycles. The van der Waals surface area contributed by atoms with Crippen molar-refractivity contribution >= 4 is 11.9 Å². The zero-order valence-corrected chi connectivity index (χ0v) is 12.3. The molecular formula is C15H15F3O4. The first-order valence-corrected chi connectivity index (χ1v) is 6.29. The van der Waals surface area contributed by atoms with E-state index in [0.29, 0.717) is 6.26 Å².